The number of hydrogen-bond donors (Lipinski definition) is 0. The molecule has 0 spiro atoms. The number of para-hydroxylation sites is 1. The van der Waals surface area contributed by atoms with E-state index in [4.69, 9.17) is 0 Å². The molecule has 1 aliphatic rings. The van der Waals surface area contributed by atoms with Crippen LogP contribution in [0.15, 0.2) is 47.3 Å². The van der Waals surface area contributed by atoms with Crippen molar-refractivity contribution in [2.75, 3.05) is 31.1 Å². The largest absolute Gasteiger partial charge is 0.369 e. The zero-order valence-electron chi connectivity index (χ0n) is 17.3. The summed E-state index contributed by atoms with van der Waals surface area (Å²) in [5, 5.41) is 0.819. The van der Waals surface area contributed by atoms with Crippen molar-refractivity contribution in [3.63, 3.8) is 0 Å². The Hall–Kier alpha value is -2.59. The molecule has 2 aromatic carbocycles. The number of hydrogen-bond acceptors (Lipinski definition) is 3. The van der Waals surface area contributed by atoms with E-state index in [1.165, 1.54) is 16.8 Å². The summed E-state index contributed by atoms with van der Waals surface area (Å²) >= 11 is 0. The third kappa shape index (κ3) is 3.22. The highest BCUT2D eigenvalue weighted by molar-refractivity contribution is 5.80. The van der Waals surface area contributed by atoms with E-state index in [-0.39, 0.29) is 5.43 Å². The summed E-state index contributed by atoms with van der Waals surface area (Å²) < 4.78 is 2.15. The standard InChI is InChI=1S/C24H29N3O/c1-17-8-7-11-22(18(17)2)27-14-12-26(13-15-27)16-21-19(3)25(4)23-10-6-5-9-20(23)24(21)28/h5-11H,12-16H2,1-4H3. The first-order valence-electron chi connectivity index (χ1n) is 10.1. The Bertz CT molecular complexity index is 1080. The molecular weight excluding hydrogens is 346 g/mol. The smallest absolute Gasteiger partial charge is 0.194 e. The summed E-state index contributed by atoms with van der Waals surface area (Å²) in [4.78, 5) is 18.0. The van der Waals surface area contributed by atoms with Gasteiger partial charge in [0.1, 0.15) is 0 Å². The molecule has 146 valence electrons. The Balaban J connectivity index is 1.54. The van der Waals surface area contributed by atoms with Crippen molar-refractivity contribution in [3.05, 3.63) is 75.1 Å². The highest BCUT2D eigenvalue weighted by Gasteiger charge is 2.21. The molecule has 0 unspecified atom stereocenters. The van der Waals surface area contributed by atoms with E-state index in [1.807, 2.05) is 24.3 Å². The van der Waals surface area contributed by atoms with Crippen LogP contribution in [0, 0.1) is 20.8 Å². The Morgan fingerprint density at radius 1 is 0.893 bits per heavy atom. The molecule has 1 aromatic heterocycles. The number of pyridine rings is 1. The van der Waals surface area contributed by atoms with Crippen molar-refractivity contribution in [3.8, 4) is 0 Å². The van der Waals surface area contributed by atoms with Crippen LogP contribution in [0.5, 0.6) is 0 Å². The molecule has 1 saturated heterocycles. The van der Waals surface area contributed by atoms with Gasteiger partial charge in [0.2, 0.25) is 0 Å². The van der Waals surface area contributed by atoms with E-state index in [0.717, 1.165) is 54.9 Å². The van der Waals surface area contributed by atoms with Gasteiger partial charge in [0.25, 0.3) is 0 Å². The van der Waals surface area contributed by atoms with Crippen LogP contribution in [0.4, 0.5) is 5.69 Å². The molecule has 1 fully saturated rings. The lowest BCUT2D eigenvalue weighted by atomic mass is 10.1. The number of aryl methyl sites for hydroxylation is 2. The van der Waals surface area contributed by atoms with Gasteiger partial charge in [0.15, 0.2) is 5.43 Å². The van der Waals surface area contributed by atoms with Crippen LogP contribution >= 0.6 is 0 Å². The van der Waals surface area contributed by atoms with Crippen LogP contribution in [0.1, 0.15) is 22.4 Å². The molecular formula is C24H29N3O. The average molecular weight is 376 g/mol. The van der Waals surface area contributed by atoms with Gasteiger partial charge in [-0.25, -0.2) is 0 Å². The normalized spacial score (nSPS) is 15.4. The molecule has 4 heteroatoms. The van der Waals surface area contributed by atoms with E-state index in [0.29, 0.717) is 0 Å². The summed E-state index contributed by atoms with van der Waals surface area (Å²) in [6.45, 7) is 11.1. The number of rotatable bonds is 3. The fourth-order valence-corrected chi connectivity index (χ4v) is 4.30. The molecule has 4 rings (SSSR count). The molecule has 0 saturated carbocycles. The fourth-order valence-electron chi connectivity index (χ4n) is 4.30. The quantitative estimate of drug-likeness (QED) is 0.697. The number of piperazine rings is 1. The molecule has 2 heterocycles. The van der Waals surface area contributed by atoms with Crippen LogP contribution < -0.4 is 10.3 Å². The first-order chi connectivity index (χ1) is 13.5. The van der Waals surface area contributed by atoms with Crippen molar-refractivity contribution in [1.82, 2.24) is 9.47 Å². The van der Waals surface area contributed by atoms with Gasteiger partial charge < -0.3 is 9.47 Å². The summed E-state index contributed by atoms with van der Waals surface area (Å²) in [6, 6.07) is 14.5. The second-order valence-electron chi connectivity index (χ2n) is 7.95. The number of fused-ring (bicyclic) bond motifs is 1. The van der Waals surface area contributed by atoms with Gasteiger partial charge in [0, 0.05) is 62.1 Å². The predicted octanol–water partition coefficient (Wildman–Crippen LogP) is 3.79. The second kappa shape index (κ2) is 7.44. The lowest BCUT2D eigenvalue weighted by Crippen LogP contribution is -2.46. The number of anilines is 1. The third-order valence-electron chi connectivity index (χ3n) is 6.39. The minimum Gasteiger partial charge on any atom is -0.369 e. The van der Waals surface area contributed by atoms with Gasteiger partial charge in [0.05, 0.1) is 5.52 Å². The predicted molar refractivity (Wildman–Crippen MR) is 117 cm³/mol. The maximum Gasteiger partial charge on any atom is 0.194 e. The number of aromatic nitrogens is 1. The van der Waals surface area contributed by atoms with Crippen molar-refractivity contribution >= 4 is 16.6 Å². The van der Waals surface area contributed by atoms with Crippen LogP contribution in [0.3, 0.4) is 0 Å². The molecule has 0 atom stereocenters. The number of benzene rings is 2. The van der Waals surface area contributed by atoms with Crippen LogP contribution in [-0.2, 0) is 13.6 Å². The van der Waals surface area contributed by atoms with E-state index >= 15 is 0 Å². The average Bonchev–Trinajstić information content (AvgIpc) is 2.72. The van der Waals surface area contributed by atoms with Gasteiger partial charge >= 0.3 is 0 Å². The molecule has 0 amide bonds. The minimum absolute atomic E-state index is 0.183. The molecule has 0 bridgehead atoms. The van der Waals surface area contributed by atoms with Gasteiger partial charge in [-0.05, 0) is 50.1 Å². The summed E-state index contributed by atoms with van der Waals surface area (Å²) in [5.41, 5.74) is 7.25. The Kier molecular flexibility index (Phi) is 4.98. The zero-order chi connectivity index (χ0) is 19.8. The van der Waals surface area contributed by atoms with Crippen molar-refractivity contribution in [2.24, 2.45) is 7.05 Å². The monoisotopic (exact) mass is 375 g/mol. The molecule has 0 radical (unpaired) electrons. The Labute approximate surface area is 167 Å². The third-order valence-corrected chi connectivity index (χ3v) is 6.39. The highest BCUT2D eigenvalue weighted by Crippen LogP contribution is 2.24. The van der Waals surface area contributed by atoms with E-state index in [1.54, 1.807) is 0 Å². The van der Waals surface area contributed by atoms with Crippen LogP contribution in [0.2, 0.25) is 0 Å². The summed E-state index contributed by atoms with van der Waals surface area (Å²) in [5.74, 6) is 0. The van der Waals surface area contributed by atoms with Gasteiger partial charge in [-0.3, -0.25) is 9.69 Å². The summed E-state index contributed by atoms with van der Waals surface area (Å²) in [7, 11) is 2.05. The topological polar surface area (TPSA) is 28.5 Å². The molecule has 4 nitrogen and oxygen atoms in total. The summed E-state index contributed by atoms with van der Waals surface area (Å²) in [6.07, 6.45) is 0. The molecule has 3 aromatic rings. The van der Waals surface area contributed by atoms with Gasteiger partial charge in [-0.1, -0.05) is 24.3 Å². The first-order valence-corrected chi connectivity index (χ1v) is 10.1. The van der Waals surface area contributed by atoms with Crippen molar-refractivity contribution in [1.29, 1.82) is 0 Å². The van der Waals surface area contributed by atoms with Crippen LogP contribution in [0.25, 0.3) is 10.9 Å². The maximum atomic E-state index is 13.1. The lowest BCUT2D eigenvalue weighted by Gasteiger charge is -2.37. The molecule has 0 aliphatic carbocycles. The molecule has 1 aliphatic heterocycles. The minimum atomic E-state index is 0.183. The fraction of sp³-hybridized carbons (Fsp3) is 0.375. The van der Waals surface area contributed by atoms with Gasteiger partial charge in [-0.2, -0.15) is 0 Å². The second-order valence-corrected chi connectivity index (χ2v) is 7.95. The SMILES string of the molecule is Cc1cccc(N2CCN(Cc3c(C)n(C)c4ccccc4c3=O)CC2)c1C. The van der Waals surface area contributed by atoms with Gasteiger partial charge in [-0.15, -0.1) is 0 Å². The zero-order valence-corrected chi connectivity index (χ0v) is 17.3. The Morgan fingerprint density at radius 2 is 1.61 bits per heavy atom. The van der Waals surface area contributed by atoms with Crippen molar-refractivity contribution in [2.45, 2.75) is 27.3 Å². The molecule has 0 N–H and O–H groups in total. The maximum absolute atomic E-state index is 13.1. The molecule has 28 heavy (non-hydrogen) atoms. The lowest BCUT2D eigenvalue weighted by molar-refractivity contribution is 0.248. The van der Waals surface area contributed by atoms with Crippen LogP contribution in [-0.4, -0.2) is 35.6 Å². The van der Waals surface area contributed by atoms with E-state index < -0.39 is 0 Å². The van der Waals surface area contributed by atoms with E-state index in [2.05, 4.69) is 60.4 Å². The number of nitrogens with zero attached hydrogens (tertiary/aromatic N) is 3. The highest BCUT2D eigenvalue weighted by atomic mass is 16.1. The van der Waals surface area contributed by atoms with E-state index in [9.17, 15) is 4.79 Å². The van der Waals surface area contributed by atoms with Crippen molar-refractivity contribution < 1.29 is 0 Å². The Morgan fingerprint density at radius 3 is 2.36 bits per heavy atom. The first kappa shape index (κ1) is 18.8.